The standard InChI is InChI=1S/C12H20N4/c1-10-12(13)4-3-11(14-10)9-16-7-5-15(2)6-8-16/h3-4H,5-9,13H2,1-2H3. The summed E-state index contributed by atoms with van der Waals surface area (Å²) in [6, 6.07) is 3.98. The van der Waals surface area contributed by atoms with Crippen LogP contribution in [0.15, 0.2) is 12.1 Å². The normalized spacial score (nSPS) is 18.9. The lowest BCUT2D eigenvalue weighted by atomic mass is 10.2. The zero-order valence-electron chi connectivity index (χ0n) is 10.1. The van der Waals surface area contributed by atoms with Crippen LogP contribution in [0.5, 0.6) is 0 Å². The van der Waals surface area contributed by atoms with Crippen molar-refractivity contribution in [2.45, 2.75) is 13.5 Å². The van der Waals surface area contributed by atoms with Crippen molar-refractivity contribution < 1.29 is 0 Å². The van der Waals surface area contributed by atoms with E-state index in [-0.39, 0.29) is 0 Å². The van der Waals surface area contributed by atoms with Crippen LogP contribution in [0.1, 0.15) is 11.4 Å². The number of pyridine rings is 1. The molecule has 1 saturated heterocycles. The minimum Gasteiger partial charge on any atom is -0.397 e. The van der Waals surface area contributed by atoms with Crippen molar-refractivity contribution in [3.63, 3.8) is 0 Å². The van der Waals surface area contributed by atoms with Crippen LogP contribution in [-0.4, -0.2) is 48.0 Å². The Labute approximate surface area is 97.1 Å². The number of nitrogen functional groups attached to an aromatic ring is 1. The molecule has 0 atom stereocenters. The van der Waals surface area contributed by atoms with Gasteiger partial charge in [-0.1, -0.05) is 0 Å². The first-order valence-electron chi connectivity index (χ1n) is 5.78. The van der Waals surface area contributed by atoms with Crippen LogP contribution < -0.4 is 5.73 Å². The Kier molecular flexibility index (Phi) is 3.41. The Morgan fingerprint density at radius 2 is 1.94 bits per heavy atom. The van der Waals surface area contributed by atoms with Crippen LogP contribution in [0.25, 0.3) is 0 Å². The zero-order valence-corrected chi connectivity index (χ0v) is 10.1. The molecule has 88 valence electrons. The largest absolute Gasteiger partial charge is 0.397 e. The fraction of sp³-hybridized carbons (Fsp3) is 0.583. The maximum absolute atomic E-state index is 5.76. The molecule has 2 heterocycles. The van der Waals surface area contributed by atoms with Gasteiger partial charge < -0.3 is 10.6 Å². The third-order valence-corrected chi connectivity index (χ3v) is 3.17. The number of hydrogen-bond donors (Lipinski definition) is 1. The van der Waals surface area contributed by atoms with Gasteiger partial charge in [0.15, 0.2) is 0 Å². The highest BCUT2D eigenvalue weighted by Crippen LogP contribution is 2.11. The number of piperazine rings is 1. The lowest BCUT2D eigenvalue weighted by Gasteiger charge is -2.32. The van der Waals surface area contributed by atoms with Crippen molar-refractivity contribution in [2.24, 2.45) is 0 Å². The molecule has 0 amide bonds. The first kappa shape index (κ1) is 11.4. The molecule has 4 nitrogen and oxygen atoms in total. The summed E-state index contributed by atoms with van der Waals surface area (Å²) < 4.78 is 0. The quantitative estimate of drug-likeness (QED) is 0.797. The number of nitrogens with zero attached hydrogens (tertiary/aromatic N) is 3. The summed E-state index contributed by atoms with van der Waals surface area (Å²) in [5.41, 5.74) is 8.60. The molecule has 1 aliphatic heterocycles. The first-order valence-corrected chi connectivity index (χ1v) is 5.78. The Morgan fingerprint density at radius 3 is 2.56 bits per heavy atom. The summed E-state index contributed by atoms with van der Waals surface area (Å²) in [6.45, 7) is 7.45. The predicted molar refractivity (Wildman–Crippen MR) is 66.2 cm³/mol. The number of aryl methyl sites for hydroxylation is 1. The molecule has 0 saturated carbocycles. The summed E-state index contributed by atoms with van der Waals surface area (Å²) in [6.07, 6.45) is 0. The molecule has 2 N–H and O–H groups in total. The van der Waals surface area contributed by atoms with Crippen molar-refractivity contribution in [1.29, 1.82) is 0 Å². The molecule has 0 aliphatic carbocycles. The van der Waals surface area contributed by atoms with Crippen LogP contribution in [0.4, 0.5) is 5.69 Å². The topological polar surface area (TPSA) is 45.4 Å². The predicted octanol–water partition coefficient (Wildman–Crippen LogP) is 0.720. The lowest BCUT2D eigenvalue weighted by Crippen LogP contribution is -2.44. The number of rotatable bonds is 2. The van der Waals surface area contributed by atoms with Crippen molar-refractivity contribution in [2.75, 3.05) is 39.0 Å². The maximum atomic E-state index is 5.76. The second kappa shape index (κ2) is 4.80. The van der Waals surface area contributed by atoms with Gasteiger partial charge in [-0.05, 0) is 26.1 Å². The summed E-state index contributed by atoms with van der Waals surface area (Å²) in [5, 5.41) is 0. The number of anilines is 1. The second-order valence-electron chi connectivity index (χ2n) is 4.56. The minimum atomic E-state index is 0.780. The molecule has 2 rings (SSSR count). The zero-order chi connectivity index (χ0) is 11.5. The van der Waals surface area contributed by atoms with Gasteiger partial charge in [-0.15, -0.1) is 0 Å². The number of nitrogens with two attached hydrogens (primary N) is 1. The van der Waals surface area contributed by atoms with E-state index in [0.29, 0.717) is 0 Å². The van der Waals surface area contributed by atoms with Gasteiger partial charge in [0.2, 0.25) is 0 Å². The highest BCUT2D eigenvalue weighted by Gasteiger charge is 2.14. The van der Waals surface area contributed by atoms with Gasteiger partial charge in [-0.3, -0.25) is 9.88 Å². The van der Waals surface area contributed by atoms with E-state index >= 15 is 0 Å². The summed E-state index contributed by atoms with van der Waals surface area (Å²) >= 11 is 0. The van der Waals surface area contributed by atoms with Crippen molar-refractivity contribution in [3.8, 4) is 0 Å². The third-order valence-electron chi connectivity index (χ3n) is 3.17. The maximum Gasteiger partial charge on any atom is 0.0605 e. The van der Waals surface area contributed by atoms with Crippen molar-refractivity contribution in [1.82, 2.24) is 14.8 Å². The Hall–Kier alpha value is -1.13. The van der Waals surface area contributed by atoms with E-state index in [1.807, 2.05) is 19.1 Å². The van der Waals surface area contributed by atoms with Gasteiger partial charge in [-0.2, -0.15) is 0 Å². The van der Waals surface area contributed by atoms with Gasteiger partial charge in [0.25, 0.3) is 0 Å². The lowest BCUT2D eigenvalue weighted by molar-refractivity contribution is 0.147. The summed E-state index contributed by atoms with van der Waals surface area (Å²) in [4.78, 5) is 9.31. The molecule has 4 heteroatoms. The number of likely N-dealkylation sites (N-methyl/N-ethyl adjacent to an activating group) is 1. The first-order chi connectivity index (χ1) is 7.65. The highest BCUT2D eigenvalue weighted by atomic mass is 15.2. The summed E-state index contributed by atoms with van der Waals surface area (Å²) in [5.74, 6) is 0. The monoisotopic (exact) mass is 220 g/mol. The van der Waals surface area contributed by atoms with Gasteiger partial charge in [0, 0.05) is 32.7 Å². The molecule has 0 radical (unpaired) electrons. The van der Waals surface area contributed by atoms with Crippen molar-refractivity contribution in [3.05, 3.63) is 23.5 Å². The molecule has 1 aliphatic rings. The fourth-order valence-corrected chi connectivity index (χ4v) is 1.95. The van der Waals surface area contributed by atoms with E-state index in [4.69, 9.17) is 5.73 Å². The molecule has 0 aromatic carbocycles. The fourth-order valence-electron chi connectivity index (χ4n) is 1.95. The third kappa shape index (κ3) is 2.71. The van der Waals surface area contributed by atoms with E-state index in [0.717, 1.165) is 49.8 Å². The second-order valence-corrected chi connectivity index (χ2v) is 4.56. The van der Waals surface area contributed by atoms with E-state index in [2.05, 4.69) is 21.8 Å². The van der Waals surface area contributed by atoms with Crippen LogP contribution >= 0.6 is 0 Å². The molecule has 16 heavy (non-hydrogen) atoms. The Bertz CT molecular complexity index is 356. The minimum absolute atomic E-state index is 0.780. The van der Waals surface area contributed by atoms with Gasteiger partial charge in [-0.25, -0.2) is 0 Å². The van der Waals surface area contributed by atoms with Crippen molar-refractivity contribution >= 4 is 5.69 Å². The van der Waals surface area contributed by atoms with Crippen LogP contribution in [0.2, 0.25) is 0 Å². The van der Waals surface area contributed by atoms with E-state index in [1.165, 1.54) is 0 Å². The molecule has 0 bridgehead atoms. The van der Waals surface area contributed by atoms with Crippen LogP contribution in [0, 0.1) is 6.92 Å². The molecule has 1 aromatic heterocycles. The number of hydrogen-bond acceptors (Lipinski definition) is 4. The van der Waals surface area contributed by atoms with Crippen LogP contribution in [0.3, 0.4) is 0 Å². The molecule has 1 aromatic rings. The molecule has 0 spiro atoms. The Balaban J connectivity index is 1.96. The average molecular weight is 220 g/mol. The molecular formula is C12H20N4. The molecular weight excluding hydrogens is 200 g/mol. The van der Waals surface area contributed by atoms with Gasteiger partial charge in [0.05, 0.1) is 17.1 Å². The highest BCUT2D eigenvalue weighted by molar-refractivity contribution is 5.42. The average Bonchev–Trinajstić information content (AvgIpc) is 2.27. The smallest absolute Gasteiger partial charge is 0.0605 e. The number of aromatic nitrogens is 1. The van der Waals surface area contributed by atoms with E-state index in [9.17, 15) is 0 Å². The van der Waals surface area contributed by atoms with E-state index in [1.54, 1.807) is 0 Å². The summed E-state index contributed by atoms with van der Waals surface area (Å²) in [7, 11) is 2.17. The van der Waals surface area contributed by atoms with Gasteiger partial charge >= 0.3 is 0 Å². The van der Waals surface area contributed by atoms with Crippen LogP contribution in [-0.2, 0) is 6.54 Å². The Morgan fingerprint density at radius 1 is 1.25 bits per heavy atom. The molecule has 0 unspecified atom stereocenters. The molecule has 1 fully saturated rings. The van der Waals surface area contributed by atoms with Gasteiger partial charge in [0.1, 0.15) is 0 Å². The van der Waals surface area contributed by atoms with E-state index < -0.39 is 0 Å². The SMILES string of the molecule is Cc1nc(CN2CCN(C)CC2)ccc1N.